The lowest BCUT2D eigenvalue weighted by molar-refractivity contribution is -0.169. The number of rotatable bonds is 5. The van der Waals surface area contributed by atoms with Crippen LogP contribution in [0.2, 0.25) is 18.1 Å². The molecule has 3 nitrogen and oxygen atoms in total. The summed E-state index contributed by atoms with van der Waals surface area (Å²) in [6, 6.07) is 0. The molecule has 0 radical (unpaired) electrons. The number of halogens is 4. The maximum atomic E-state index is 14.4. The largest absolute Gasteiger partial charge is 0.539 e. The van der Waals surface area contributed by atoms with Gasteiger partial charge < -0.3 is 13.9 Å². The van der Waals surface area contributed by atoms with Gasteiger partial charge in [-0.05, 0) is 37.4 Å². The zero-order valence-corrected chi connectivity index (χ0v) is 16.8. The molecule has 0 aliphatic carbocycles. The molecule has 1 heterocycles. The molecule has 148 valence electrons. The van der Waals surface area contributed by atoms with Crippen LogP contribution >= 0.6 is 0 Å². The minimum atomic E-state index is -2.68. The molecule has 2 rings (SSSR count). The third-order valence-corrected chi connectivity index (χ3v) is 9.36. The summed E-state index contributed by atoms with van der Waals surface area (Å²) in [7, 11) is -2.68. The second-order valence-corrected chi connectivity index (χ2v) is 12.8. The van der Waals surface area contributed by atoms with Gasteiger partial charge in [-0.25, -0.2) is 8.78 Å². The standard InChI is InChI=1S/C18H26F4O3Si/c1-18(2,3)26(4,5)25-17-15(21)13(19)11(14(20)16(17)22)10-24-12-8-6-7-9-23-12/h12H,6-10H2,1-5H3. The van der Waals surface area contributed by atoms with E-state index in [1.54, 1.807) is 13.1 Å². The molecule has 8 heteroatoms. The first-order valence-electron chi connectivity index (χ1n) is 8.72. The average molecular weight is 394 g/mol. The Morgan fingerprint density at radius 2 is 1.58 bits per heavy atom. The monoisotopic (exact) mass is 394 g/mol. The van der Waals surface area contributed by atoms with Crippen LogP contribution in [0.4, 0.5) is 17.6 Å². The van der Waals surface area contributed by atoms with E-state index < -0.39 is 55.8 Å². The molecule has 1 aliphatic rings. The SMILES string of the molecule is CC(C)(C)[Si](C)(C)Oc1c(F)c(F)c(COC2CCCCO2)c(F)c1F. The highest BCUT2D eigenvalue weighted by Gasteiger charge is 2.41. The van der Waals surface area contributed by atoms with E-state index in [0.717, 1.165) is 12.8 Å². The minimum absolute atomic E-state index is 0.390. The number of benzene rings is 1. The van der Waals surface area contributed by atoms with Gasteiger partial charge in [-0.1, -0.05) is 20.8 Å². The van der Waals surface area contributed by atoms with Gasteiger partial charge in [0.05, 0.1) is 12.2 Å². The van der Waals surface area contributed by atoms with Crippen LogP contribution < -0.4 is 4.43 Å². The van der Waals surface area contributed by atoms with Gasteiger partial charge in [0.25, 0.3) is 8.32 Å². The quantitative estimate of drug-likeness (QED) is 0.366. The Morgan fingerprint density at radius 1 is 1.00 bits per heavy atom. The van der Waals surface area contributed by atoms with E-state index in [1.165, 1.54) is 0 Å². The van der Waals surface area contributed by atoms with Crippen molar-refractivity contribution in [2.75, 3.05) is 6.61 Å². The van der Waals surface area contributed by atoms with Crippen LogP contribution in [-0.2, 0) is 16.1 Å². The van der Waals surface area contributed by atoms with Gasteiger partial charge in [-0.2, -0.15) is 8.78 Å². The van der Waals surface area contributed by atoms with Crippen LogP contribution in [0.5, 0.6) is 5.75 Å². The summed E-state index contributed by atoms with van der Waals surface area (Å²) >= 11 is 0. The summed E-state index contributed by atoms with van der Waals surface area (Å²) in [6.07, 6.45) is 1.68. The topological polar surface area (TPSA) is 27.7 Å². The van der Waals surface area contributed by atoms with Gasteiger partial charge in [-0.3, -0.25) is 0 Å². The van der Waals surface area contributed by atoms with Crippen molar-refractivity contribution in [2.24, 2.45) is 0 Å². The molecule has 1 unspecified atom stereocenters. The van der Waals surface area contributed by atoms with Gasteiger partial charge in [0, 0.05) is 6.61 Å². The molecule has 1 atom stereocenters. The van der Waals surface area contributed by atoms with E-state index in [2.05, 4.69) is 0 Å². The number of hydrogen-bond donors (Lipinski definition) is 0. The molecule has 1 saturated heterocycles. The van der Waals surface area contributed by atoms with Gasteiger partial charge in [0.1, 0.15) is 0 Å². The van der Waals surface area contributed by atoms with E-state index >= 15 is 0 Å². The Morgan fingerprint density at radius 3 is 2.04 bits per heavy atom. The highest BCUT2D eigenvalue weighted by atomic mass is 28.4. The fraction of sp³-hybridized carbons (Fsp3) is 0.667. The molecule has 0 N–H and O–H groups in total. The van der Waals surface area contributed by atoms with Crippen molar-refractivity contribution in [3.8, 4) is 5.75 Å². The van der Waals surface area contributed by atoms with Crippen molar-refractivity contribution in [3.05, 3.63) is 28.8 Å². The Kier molecular flexibility index (Phi) is 6.40. The van der Waals surface area contributed by atoms with Gasteiger partial charge >= 0.3 is 0 Å². The molecule has 1 aliphatic heterocycles. The van der Waals surface area contributed by atoms with Crippen molar-refractivity contribution in [1.82, 2.24) is 0 Å². The molecule has 1 fully saturated rings. The van der Waals surface area contributed by atoms with E-state index in [-0.39, 0.29) is 5.04 Å². The van der Waals surface area contributed by atoms with E-state index in [0.29, 0.717) is 13.0 Å². The fourth-order valence-electron chi connectivity index (χ4n) is 2.30. The lowest BCUT2D eigenvalue weighted by Gasteiger charge is -2.36. The lowest BCUT2D eigenvalue weighted by Crippen LogP contribution is -2.44. The molecule has 0 aromatic heterocycles. The zero-order chi connectivity index (χ0) is 19.7. The van der Waals surface area contributed by atoms with E-state index in [1.807, 2.05) is 20.8 Å². The molecule has 0 spiro atoms. The zero-order valence-electron chi connectivity index (χ0n) is 15.8. The highest BCUT2D eigenvalue weighted by molar-refractivity contribution is 6.74. The highest BCUT2D eigenvalue weighted by Crippen LogP contribution is 2.40. The lowest BCUT2D eigenvalue weighted by atomic mass is 10.1. The Bertz CT molecular complexity index is 624. The van der Waals surface area contributed by atoms with Crippen molar-refractivity contribution in [2.45, 2.75) is 71.1 Å². The van der Waals surface area contributed by atoms with E-state index in [4.69, 9.17) is 13.9 Å². The van der Waals surface area contributed by atoms with Gasteiger partial charge in [0.2, 0.25) is 11.6 Å². The molecule has 26 heavy (non-hydrogen) atoms. The minimum Gasteiger partial charge on any atom is -0.539 e. The maximum Gasteiger partial charge on any atom is 0.250 e. The first kappa shape index (κ1) is 21.2. The summed E-state index contributed by atoms with van der Waals surface area (Å²) < 4.78 is 73.6. The van der Waals surface area contributed by atoms with Crippen LogP contribution in [0, 0.1) is 23.3 Å². The first-order valence-corrected chi connectivity index (χ1v) is 11.6. The summed E-state index contributed by atoms with van der Waals surface area (Å²) in [6.45, 7) is 8.91. The van der Waals surface area contributed by atoms with Crippen molar-refractivity contribution < 1.29 is 31.5 Å². The smallest absolute Gasteiger partial charge is 0.250 e. The predicted octanol–water partition coefficient (Wildman–Crippen LogP) is 5.67. The van der Waals surface area contributed by atoms with Gasteiger partial charge in [0.15, 0.2) is 23.7 Å². The summed E-state index contributed by atoms with van der Waals surface area (Å²) in [4.78, 5) is 0. The maximum absolute atomic E-state index is 14.4. The molecular weight excluding hydrogens is 368 g/mol. The normalized spacial score (nSPS) is 18.9. The fourth-order valence-corrected chi connectivity index (χ4v) is 3.30. The summed E-state index contributed by atoms with van der Waals surface area (Å²) in [5.74, 6) is -7.04. The van der Waals surface area contributed by atoms with Crippen molar-refractivity contribution in [1.29, 1.82) is 0 Å². The third-order valence-electron chi connectivity index (χ3n) is 5.03. The number of ether oxygens (including phenoxy) is 2. The molecule has 1 aromatic carbocycles. The summed E-state index contributed by atoms with van der Waals surface area (Å²) in [5, 5.41) is -0.390. The van der Waals surface area contributed by atoms with Crippen LogP contribution in [0.1, 0.15) is 45.6 Å². The van der Waals surface area contributed by atoms with E-state index in [9.17, 15) is 17.6 Å². The Hall–Kier alpha value is -1.12. The van der Waals surface area contributed by atoms with Crippen LogP contribution in [0.25, 0.3) is 0 Å². The van der Waals surface area contributed by atoms with Crippen LogP contribution in [0.3, 0.4) is 0 Å². The third kappa shape index (κ3) is 4.40. The van der Waals surface area contributed by atoms with Crippen LogP contribution in [-0.4, -0.2) is 21.2 Å². The Balaban J connectivity index is 2.28. The van der Waals surface area contributed by atoms with Gasteiger partial charge in [-0.15, -0.1) is 0 Å². The second kappa shape index (κ2) is 7.86. The number of hydrogen-bond acceptors (Lipinski definition) is 3. The molecule has 1 aromatic rings. The molecule has 0 saturated carbocycles. The Labute approximate surface area is 152 Å². The molecule has 0 amide bonds. The molecule has 0 bridgehead atoms. The van der Waals surface area contributed by atoms with Crippen molar-refractivity contribution in [3.63, 3.8) is 0 Å². The van der Waals surface area contributed by atoms with Crippen molar-refractivity contribution >= 4 is 8.32 Å². The predicted molar refractivity (Wildman–Crippen MR) is 92.5 cm³/mol. The average Bonchev–Trinajstić information content (AvgIpc) is 2.57. The second-order valence-electron chi connectivity index (χ2n) is 8.03. The van der Waals surface area contributed by atoms with Crippen LogP contribution in [0.15, 0.2) is 0 Å². The molecular formula is C18H26F4O3Si. The summed E-state index contributed by atoms with van der Waals surface area (Å²) in [5.41, 5.74) is -0.795. The first-order chi connectivity index (χ1) is 12.0.